The zero-order chi connectivity index (χ0) is 11.4. The van der Waals surface area contributed by atoms with E-state index >= 15 is 0 Å². The second kappa shape index (κ2) is 4.90. The van der Waals surface area contributed by atoms with Gasteiger partial charge in [-0.05, 0) is 5.92 Å². The van der Waals surface area contributed by atoms with Gasteiger partial charge in [-0.25, -0.2) is 0 Å². The maximum atomic E-state index is 12.0. The second-order valence-corrected chi connectivity index (χ2v) is 3.27. The zero-order valence-corrected chi connectivity index (χ0v) is 8.46. The van der Waals surface area contributed by atoms with Crippen molar-refractivity contribution in [2.75, 3.05) is 13.2 Å². The first-order valence-corrected chi connectivity index (χ1v) is 4.87. The molecule has 1 aliphatic heterocycles. The lowest BCUT2D eigenvalue weighted by atomic mass is 10.1. The monoisotopic (exact) mass is 224 g/mol. The predicted octanol–water partition coefficient (Wildman–Crippen LogP) is 1.18. The molecule has 5 heteroatoms. The zero-order valence-electron chi connectivity index (χ0n) is 8.46. The van der Waals surface area contributed by atoms with Crippen LogP contribution in [0.5, 0.6) is 5.75 Å². The van der Waals surface area contributed by atoms with Crippen LogP contribution in [0.1, 0.15) is 11.1 Å². The first-order valence-electron chi connectivity index (χ1n) is 4.87. The van der Waals surface area contributed by atoms with Crippen molar-refractivity contribution in [1.82, 2.24) is 10.3 Å². The molecule has 16 heavy (non-hydrogen) atoms. The first kappa shape index (κ1) is 10.8. The summed E-state index contributed by atoms with van der Waals surface area (Å²) in [6.07, 6.45) is 0.459. The van der Waals surface area contributed by atoms with Crippen LogP contribution in [0.4, 0.5) is 8.78 Å². The van der Waals surface area contributed by atoms with Crippen molar-refractivity contribution in [3.05, 3.63) is 23.5 Å². The predicted molar refractivity (Wildman–Crippen MR) is 54.3 cm³/mol. The Balaban J connectivity index is 2.36. The Labute approximate surface area is 91.8 Å². The maximum Gasteiger partial charge on any atom is 0.299 e. The van der Waals surface area contributed by atoms with Crippen LogP contribution in [-0.4, -0.2) is 24.6 Å². The summed E-state index contributed by atoms with van der Waals surface area (Å²) in [6, 6.07) is 0. The topological polar surface area (TPSA) is 34.1 Å². The quantitative estimate of drug-likeness (QED) is 0.672. The van der Waals surface area contributed by atoms with Crippen LogP contribution in [0.25, 0.3) is 0 Å². The molecule has 0 unspecified atom stereocenters. The molecule has 1 aromatic heterocycles. The number of hydrogen-bond acceptors (Lipinski definition) is 3. The van der Waals surface area contributed by atoms with E-state index in [2.05, 4.69) is 16.2 Å². The smallest absolute Gasteiger partial charge is 0.299 e. The molecule has 1 aliphatic rings. The number of fused-ring (bicyclic) bond motifs is 1. The maximum absolute atomic E-state index is 12.0. The van der Waals surface area contributed by atoms with Crippen molar-refractivity contribution < 1.29 is 13.5 Å². The molecule has 0 atom stereocenters. The standard InChI is InChI=1S/C11H10F2N2O/c12-10(13)2-1-8-5-15-7-9-6-14-3-4-16-11(8)9/h5,7,10,14H,3-4,6H2. The molecule has 1 aromatic rings. The highest BCUT2D eigenvalue weighted by atomic mass is 19.3. The third kappa shape index (κ3) is 2.47. The van der Waals surface area contributed by atoms with Crippen LogP contribution < -0.4 is 10.1 Å². The molecule has 1 N–H and O–H groups in total. The summed E-state index contributed by atoms with van der Waals surface area (Å²) in [5.74, 6) is 4.76. The highest BCUT2D eigenvalue weighted by molar-refractivity contribution is 5.49. The van der Waals surface area contributed by atoms with E-state index < -0.39 is 6.43 Å². The fourth-order valence-electron chi connectivity index (χ4n) is 1.46. The Morgan fingerprint density at radius 1 is 1.44 bits per heavy atom. The molecule has 84 valence electrons. The summed E-state index contributed by atoms with van der Waals surface area (Å²) in [7, 11) is 0. The molecule has 0 saturated carbocycles. The van der Waals surface area contributed by atoms with Gasteiger partial charge in [0.15, 0.2) is 0 Å². The Morgan fingerprint density at radius 2 is 2.31 bits per heavy atom. The molecule has 0 saturated heterocycles. The average Bonchev–Trinajstić information content (AvgIpc) is 2.51. The number of halogens is 2. The van der Waals surface area contributed by atoms with Gasteiger partial charge in [-0.2, -0.15) is 8.78 Å². The SMILES string of the molecule is FC(F)C#Cc1cncc2c1OCCNC2. The number of ether oxygens (including phenoxy) is 1. The molecular formula is C11H10F2N2O. The number of nitrogens with zero attached hydrogens (tertiary/aromatic N) is 1. The van der Waals surface area contributed by atoms with Crippen LogP contribution in [0.2, 0.25) is 0 Å². The van der Waals surface area contributed by atoms with Gasteiger partial charge in [-0.15, -0.1) is 0 Å². The lowest BCUT2D eigenvalue weighted by Gasteiger charge is -2.07. The van der Waals surface area contributed by atoms with Crippen molar-refractivity contribution in [3.63, 3.8) is 0 Å². The number of aromatic nitrogens is 1. The van der Waals surface area contributed by atoms with E-state index in [9.17, 15) is 8.78 Å². The Hall–Kier alpha value is -1.67. The third-order valence-electron chi connectivity index (χ3n) is 2.13. The van der Waals surface area contributed by atoms with Gasteiger partial charge in [0, 0.05) is 31.0 Å². The van der Waals surface area contributed by atoms with Crippen molar-refractivity contribution in [2.45, 2.75) is 13.0 Å². The van der Waals surface area contributed by atoms with Gasteiger partial charge in [0.2, 0.25) is 0 Å². The lowest BCUT2D eigenvalue weighted by molar-refractivity contribution is 0.215. The molecule has 0 amide bonds. The number of alkyl halides is 2. The summed E-state index contributed by atoms with van der Waals surface area (Å²) in [6.45, 7) is 1.84. The average molecular weight is 224 g/mol. The van der Waals surface area contributed by atoms with Crippen molar-refractivity contribution in [2.24, 2.45) is 0 Å². The molecule has 0 spiro atoms. The van der Waals surface area contributed by atoms with Gasteiger partial charge >= 0.3 is 0 Å². The van der Waals surface area contributed by atoms with E-state index in [0.717, 1.165) is 12.1 Å². The highest BCUT2D eigenvalue weighted by Crippen LogP contribution is 2.23. The normalized spacial score (nSPS) is 14.4. The Morgan fingerprint density at radius 3 is 3.12 bits per heavy atom. The number of pyridine rings is 1. The van der Waals surface area contributed by atoms with E-state index in [1.54, 1.807) is 6.20 Å². The van der Waals surface area contributed by atoms with Crippen molar-refractivity contribution in [3.8, 4) is 17.6 Å². The van der Waals surface area contributed by atoms with Crippen LogP contribution in [0.15, 0.2) is 12.4 Å². The van der Waals surface area contributed by atoms with Crippen molar-refractivity contribution >= 4 is 0 Å². The van der Waals surface area contributed by atoms with Gasteiger partial charge in [-0.1, -0.05) is 5.92 Å². The Bertz CT molecular complexity index is 437. The van der Waals surface area contributed by atoms with Gasteiger partial charge < -0.3 is 10.1 Å². The molecule has 2 rings (SSSR count). The van der Waals surface area contributed by atoms with Gasteiger partial charge in [0.05, 0.1) is 5.56 Å². The van der Waals surface area contributed by atoms with Crippen molar-refractivity contribution in [1.29, 1.82) is 0 Å². The number of hydrogen-bond donors (Lipinski definition) is 1. The molecule has 0 radical (unpaired) electrons. The summed E-state index contributed by atoms with van der Waals surface area (Å²) >= 11 is 0. The molecule has 0 aliphatic carbocycles. The lowest BCUT2D eigenvalue weighted by Crippen LogP contribution is -2.16. The minimum atomic E-state index is -2.64. The fraction of sp³-hybridized carbons (Fsp3) is 0.364. The fourth-order valence-corrected chi connectivity index (χ4v) is 1.46. The van der Waals surface area contributed by atoms with Crippen LogP contribution >= 0.6 is 0 Å². The van der Waals surface area contributed by atoms with Gasteiger partial charge in [0.25, 0.3) is 6.43 Å². The Kier molecular flexibility index (Phi) is 3.32. The van der Waals surface area contributed by atoms with Crippen LogP contribution in [0.3, 0.4) is 0 Å². The number of rotatable bonds is 0. The van der Waals surface area contributed by atoms with E-state index in [1.165, 1.54) is 6.20 Å². The van der Waals surface area contributed by atoms with Gasteiger partial charge in [-0.3, -0.25) is 4.98 Å². The minimum Gasteiger partial charge on any atom is -0.490 e. The molecule has 0 aromatic carbocycles. The summed E-state index contributed by atoms with van der Waals surface area (Å²) in [5.41, 5.74) is 1.26. The summed E-state index contributed by atoms with van der Waals surface area (Å²) in [5, 5.41) is 3.13. The second-order valence-electron chi connectivity index (χ2n) is 3.27. The molecule has 3 nitrogen and oxygen atoms in total. The summed E-state index contributed by atoms with van der Waals surface area (Å²) < 4.78 is 29.4. The highest BCUT2D eigenvalue weighted by Gasteiger charge is 2.12. The van der Waals surface area contributed by atoms with Gasteiger partial charge in [0.1, 0.15) is 12.4 Å². The third-order valence-corrected chi connectivity index (χ3v) is 2.13. The molecular weight excluding hydrogens is 214 g/mol. The molecule has 0 bridgehead atoms. The number of nitrogens with one attached hydrogen (secondary N) is 1. The van der Waals surface area contributed by atoms with E-state index in [4.69, 9.17) is 4.74 Å². The van der Waals surface area contributed by atoms with Crippen LogP contribution in [-0.2, 0) is 6.54 Å². The molecule has 0 fully saturated rings. The molecule has 2 heterocycles. The van der Waals surface area contributed by atoms with E-state index in [-0.39, 0.29) is 0 Å². The first-order chi connectivity index (χ1) is 7.77. The minimum absolute atomic E-state index is 0.418. The largest absolute Gasteiger partial charge is 0.490 e. The van der Waals surface area contributed by atoms with Crippen LogP contribution in [0, 0.1) is 11.8 Å². The van der Waals surface area contributed by atoms with E-state index in [1.807, 2.05) is 5.92 Å². The summed E-state index contributed by atoms with van der Waals surface area (Å²) in [4.78, 5) is 3.95. The van der Waals surface area contributed by atoms with E-state index in [0.29, 0.717) is 24.5 Å².